The summed E-state index contributed by atoms with van der Waals surface area (Å²) >= 11 is 6.15. The Labute approximate surface area is 125 Å². The van der Waals surface area contributed by atoms with Gasteiger partial charge in [-0.25, -0.2) is 9.37 Å². The van der Waals surface area contributed by atoms with E-state index in [-0.39, 0.29) is 39.0 Å². The topological polar surface area (TPSA) is 65.3 Å². The Kier molecular flexibility index (Phi) is 4.27. The van der Waals surface area contributed by atoms with E-state index in [4.69, 9.17) is 16.3 Å². The van der Waals surface area contributed by atoms with E-state index in [9.17, 15) is 14.5 Å². The molecule has 0 aliphatic carbocycles. The van der Waals surface area contributed by atoms with Crippen molar-refractivity contribution in [3.05, 3.63) is 38.8 Å². The number of nitrogens with zero attached hydrogens (tertiary/aromatic N) is 2. The molecule has 0 spiro atoms. The smallest absolute Gasteiger partial charge is 0.309 e. The molecule has 0 fully saturated rings. The van der Waals surface area contributed by atoms with Crippen LogP contribution in [-0.4, -0.2) is 17.0 Å². The Morgan fingerprint density at radius 1 is 1.48 bits per heavy atom. The SMILES string of the molecule is COc1ccc(F)c2nc(CC(C)C)c([N+](=O)[O-])c(Cl)c12. The third-order valence-corrected chi connectivity index (χ3v) is 3.41. The zero-order chi connectivity index (χ0) is 15.7. The van der Waals surface area contributed by atoms with Gasteiger partial charge >= 0.3 is 5.69 Å². The quantitative estimate of drug-likeness (QED) is 0.628. The van der Waals surface area contributed by atoms with E-state index in [2.05, 4.69) is 4.98 Å². The first kappa shape index (κ1) is 15.4. The number of methoxy groups -OCH3 is 1. The van der Waals surface area contributed by atoms with Crippen LogP contribution in [0, 0.1) is 21.8 Å². The summed E-state index contributed by atoms with van der Waals surface area (Å²) in [7, 11) is 1.39. The molecule has 112 valence electrons. The van der Waals surface area contributed by atoms with Gasteiger partial charge in [-0.2, -0.15) is 0 Å². The van der Waals surface area contributed by atoms with E-state index >= 15 is 0 Å². The Morgan fingerprint density at radius 2 is 2.14 bits per heavy atom. The molecule has 1 aromatic heterocycles. The second kappa shape index (κ2) is 5.81. The lowest BCUT2D eigenvalue weighted by molar-refractivity contribution is -0.385. The minimum Gasteiger partial charge on any atom is -0.496 e. The molecule has 0 N–H and O–H groups in total. The number of aromatic nitrogens is 1. The van der Waals surface area contributed by atoms with Crippen molar-refractivity contribution in [1.82, 2.24) is 4.98 Å². The molecule has 0 atom stereocenters. The highest BCUT2D eigenvalue weighted by atomic mass is 35.5. The summed E-state index contributed by atoms with van der Waals surface area (Å²) in [5.74, 6) is -0.214. The Hall–Kier alpha value is -1.95. The summed E-state index contributed by atoms with van der Waals surface area (Å²) in [4.78, 5) is 14.8. The highest BCUT2D eigenvalue weighted by Crippen LogP contribution is 2.40. The van der Waals surface area contributed by atoms with E-state index in [0.717, 1.165) is 0 Å². The molecule has 5 nitrogen and oxygen atoms in total. The highest BCUT2D eigenvalue weighted by Gasteiger charge is 2.27. The van der Waals surface area contributed by atoms with Crippen LogP contribution in [-0.2, 0) is 6.42 Å². The third kappa shape index (κ3) is 2.76. The van der Waals surface area contributed by atoms with Crippen LogP contribution in [0.5, 0.6) is 5.75 Å². The second-order valence-electron chi connectivity index (χ2n) is 5.05. The van der Waals surface area contributed by atoms with Gasteiger partial charge in [0.05, 0.1) is 17.4 Å². The van der Waals surface area contributed by atoms with Crippen molar-refractivity contribution < 1.29 is 14.1 Å². The first-order chi connectivity index (χ1) is 9.86. The van der Waals surface area contributed by atoms with Crippen molar-refractivity contribution in [1.29, 1.82) is 0 Å². The van der Waals surface area contributed by atoms with Gasteiger partial charge in [-0.3, -0.25) is 10.1 Å². The number of hydrogen-bond acceptors (Lipinski definition) is 4. The van der Waals surface area contributed by atoms with Gasteiger partial charge < -0.3 is 4.74 Å². The maximum absolute atomic E-state index is 14.0. The first-order valence-corrected chi connectivity index (χ1v) is 6.73. The molecule has 1 aromatic carbocycles. The Bertz CT molecular complexity index is 719. The number of ether oxygens (including phenoxy) is 1. The number of hydrogen-bond donors (Lipinski definition) is 0. The average Bonchev–Trinajstić information content (AvgIpc) is 2.39. The molecule has 2 aromatic rings. The number of halogens is 2. The third-order valence-electron chi connectivity index (χ3n) is 3.04. The van der Waals surface area contributed by atoms with Gasteiger partial charge in [0.25, 0.3) is 0 Å². The summed E-state index contributed by atoms with van der Waals surface area (Å²) in [6.07, 6.45) is 0.336. The van der Waals surface area contributed by atoms with Gasteiger partial charge in [0.15, 0.2) is 0 Å². The van der Waals surface area contributed by atoms with Gasteiger partial charge in [-0.1, -0.05) is 25.4 Å². The maximum atomic E-state index is 14.0. The minimum atomic E-state index is -0.590. The van der Waals surface area contributed by atoms with Crippen LogP contribution in [0.1, 0.15) is 19.5 Å². The lowest BCUT2D eigenvalue weighted by Gasteiger charge is -2.12. The minimum absolute atomic E-state index is 0.0133. The molecular formula is C14H14ClFN2O3. The lowest BCUT2D eigenvalue weighted by Crippen LogP contribution is -2.05. The van der Waals surface area contributed by atoms with Crippen LogP contribution in [0.2, 0.25) is 5.02 Å². The highest BCUT2D eigenvalue weighted by molar-refractivity contribution is 6.38. The van der Waals surface area contributed by atoms with Crippen LogP contribution >= 0.6 is 11.6 Å². The van der Waals surface area contributed by atoms with Crippen LogP contribution in [0.4, 0.5) is 10.1 Å². The molecule has 1 heterocycles. The van der Waals surface area contributed by atoms with E-state index in [1.54, 1.807) is 0 Å². The van der Waals surface area contributed by atoms with Crippen molar-refractivity contribution in [2.75, 3.05) is 7.11 Å². The van der Waals surface area contributed by atoms with Crippen molar-refractivity contribution in [3.8, 4) is 5.75 Å². The summed E-state index contributed by atoms with van der Waals surface area (Å²) < 4.78 is 19.1. The fraction of sp³-hybridized carbons (Fsp3) is 0.357. The molecule has 7 heteroatoms. The number of rotatable bonds is 4. The average molecular weight is 313 g/mol. The zero-order valence-electron chi connectivity index (χ0n) is 11.8. The zero-order valence-corrected chi connectivity index (χ0v) is 12.6. The molecule has 0 saturated heterocycles. The van der Waals surface area contributed by atoms with E-state index in [0.29, 0.717) is 6.42 Å². The van der Waals surface area contributed by atoms with Crippen molar-refractivity contribution >= 4 is 28.2 Å². The van der Waals surface area contributed by atoms with Crippen molar-refractivity contribution in [2.45, 2.75) is 20.3 Å². The predicted octanol–water partition coefficient (Wildman–Crippen LogP) is 4.14. The van der Waals surface area contributed by atoms with Gasteiger partial charge in [-0.15, -0.1) is 0 Å². The lowest BCUT2D eigenvalue weighted by atomic mass is 10.0. The monoisotopic (exact) mass is 312 g/mol. The van der Waals surface area contributed by atoms with E-state index in [1.807, 2.05) is 13.8 Å². The van der Waals surface area contributed by atoms with Gasteiger partial charge in [0.1, 0.15) is 27.8 Å². The second-order valence-corrected chi connectivity index (χ2v) is 5.43. The molecule has 0 radical (unpaired) electrons. The molecule has 21 heavy (non-hydrogen) atoms. The molecular weight excluding hydrogens is 299 g/mol. The molecule has 0 amide bonds. The van der Waals surface area contributed by atoms with Crippen LogP contribution in [0.15, 0.2) is 12.1 Å². The molecule has 2 rings (SSSR count). The van der Waals surface area contributed by atoms with Crippen molar-refractivity contribution in [3.63, 3.8) is 0 Å². The predicted molar refractivity (Wildman–Crippen MR) is 78.5 cm³/mol. The molecule has 0 saturated carbocycles. The Morgan fingerprint density at radius 3 is 2.67 bits per heavy atom. The molecule has 0 unspecified atom stereocenters. The normalized spacial score (nSPS) is 11.1. The summed E-state index contributed by atoms with van der Waals surface area (Å²) in [6, 6.07) is 2.58. The van der Waals surface area contributed by atoms with Gasteiger partial charge in [0, 0.05) is 0 Å². The van der Waals surface area contributed by atoms with Crippen LogP contribution in [0.25, 0.3) is 10.9 Å². The van der Waals surface area contributed by atoms with Crippen LogP contribution in [0.3, 0.4) is 0 Å². The molecule has 0 bridgehead atoms. The largest absolute Gasteiger partial charge is 0.496 e. The molecule has 0 aliphatic heterocycles. The first-order valence-electron chi connectivity index (χ1n) is 6.35. The van der Waals surface area contributed by atoms with Crippen molar-refractivity contribution in [2.24, 2.45) is 5.92 Å². The summed E-state index contributed by atoms with van der Waals surface area (Å²) in [5.41, 5.74) is -0.123. The molecule has 0 aliphatic rings. The Balaban J connectivity index is 2.90. The van der Waals surface area contributed by atoms with E-state index in [1.165, 1.54) is 19.2 Å². The summed E-state index contributed by atoms with van der Waals surface area (Å²) in [5, 5.41) is 11.3. The van der Waals surface area contributed by atoms with Crippen LogP contribution < -0.4 is 4.74 Å². The van der Waals surface area contributed by atoms with Gasteiger partial charge in [-0.05, 0) is 24.5 Å². The summed E-state index contributed by atoms with van der Waals surface area (Å²) in [6.45, 7) is 3.79. The standard InChI is InChI=1S/C14H14ClFN2O3/c1-7(2)6-9-14(18(19)20)12(15)11-10(21-3)5-4-8(16)13(11)17-9/h4-5,7H,6H2,1-3H3. The van der Waals surface area contributed by atoms with Gasteiger partial charge in [0.2, 0.25) is 0 Å². The number of nitro groups is 1. The number of benzene rings is 1. The number of fused-ring (bicyclic) bond motifs is 1. The maximum Gasteiger partial charge on any atom is 0.309 e. The van der Waals surface area contributed by atoms with E-state index < -0.39 is 10.7 Å². The number of pyridine rings is 1. The fourth-order valence-electron chi connectivity index (χ4n) is 2.19. The fourth-order valence-corrected chi connectivity index (χ4v) is 2.55.